The molecule has 1 atom stereocenters. The Labute approximate surface area is 154 Å². The van der Waals surface area contributed by atoms with Crippen molar-refractivity contribution in [3.8, 4) is 5.75 Å². The van der Waals surface area contributed by atoms with Gasteiger partial charge in [-0.25, -0.2) is 0 Å². The van der Waals surface area contributed by atoms with Crippen LogP contribution >= 0.6 is 0 Å². The third-order valence-electron chi connectivity index (χ3n) is 4.04. The normalized spacial score (nSPS) is 18.8. The molecule has 1 aliphatic rings. The minimum Gasteiger partial charge on any atom is -0.511 e. The van der Waals surface area contributed by atoms with Gasteiger partial charge >= 0.3 is 12.5 Å². The second-order valence-electron chi connectivity index (χ2n) is 6.91. The number of allylic oxidation sites excluding steroid dienone is 2. The van der Waals surface area contributed by atoms with Gasteiger partial charge in [0.2, 0.25) is 0 Å². The van der Waals surface area contributed by atoms with Crippen LogP contribution in [0.2, 0.25) is 0 Å². The minimum atomic E-state index is -4.62. The van der Waals surface area contributed by atoms with Crippen LogP contribution < -0.4 is 4.74 Å². The summed E-state index contributed by atoms with van der Waals surface area (Å²) in [6.45, 7) is 4.07. The Morgan fingerprint density at radius 3 is 2.63 bits per heavy atom. The second-order valence-corrected chi connectivity index (χ2v) is 6.91. The van der Waals surface area contributed by atoms with Gasteiger partial charge in [0.15, 0.2) is 5.78 Å². The van der Waals surface area contributed by atoms with E-state index in [9.17, 15) is 27.5 Å². The quantitative estimate of drug-likeness (QED) is 0.499. The third kappa shape index (κ3) is 5.80. The Bertz CT molecular complexity index is 744. The summed E-state index contributed by atoms with van der Waals surface area (Å²) in [6.07, 6.45) is -5.94. The van der Waals surface area contributed by atoms with Crippen LogP contribution in [0.3, 0.4) is 0 Å². The molecular formula is C19H21F4NO3. The second kappa shape index (κ2) is 8.54. The van der Waals surface area contributed by atoms with Gasteiger partial charge in [0, 0.05) is 25.1 Å². The SMILES string of the molecule is CC(C)CC1CC(=O)C(C=Nc2cccc(OC(F)(F)C(F)F)c2)=C(O)C1. The standard InChI is InChI=1S/C19H21F4NO3/c1-11(2)6-12-7-16(25)15(17(26)8-12)10-24-13-4-3-5-14(9-13)27-19(22,23)18(20)21/h3-5,9-12,18,25H,6-8H2,1-2H3. The van der Waals surface area contributed by atoms with E-state index < -0.39 is 18.3 Å². The van der Waals surface area contributed by atoms with Crippen LogP contribution in [-0.2, 0) is 4.79 Å². The highest BCUT2D eigenvalue weighted by Crippen LogP contribution is 2.31. The molecule has 0 aromatic heterocycles. The van der Waals surface area contributed by atoms with E-state index in [0.717, 1.165) is 24.8 Å². The van der Waals surface area contributed by atoms with Gasteiger partial charge in [-0.2, -0.15) is 17.6 Å². The molecule has 0 bridgehead atoms. The molecule has 27 heavy (non-hydrogen) atoms. The molecule has 1 aliphatic carbocycles. The number of ketones is 1. The molecule has 0 radical (unpaired) electrons. The first-order chi connectivity index (χ1) is 12.6. The zero-order valence-corrected chi connectivity index (χ0v) is 15.0. The topological polar surface area (TPSA) is 58.9 Å². The number of aliphatic imine (C=N–C) groups is 1. The van der Waals surface area contributed by atoms with Crippen molar-refractivity contribution in [1.29, 1.82) is 0 Å². The highest BCUT2D eigenvalue weighted by Gasteiger charge is 2.44. The fourth-order valence-electron chi connectivity index (χ4n) is 2.94. The van der Waals surface area contributed by atoms with Gasteiger partial charge in [0.1, 0.15) is 11.5 Å². The summed E-state index contributed by atoms with van der Waals surface area (Å²) in [7, 11) is 0. The van der Waals surface area contributed by atoms with E-state index in [4.69, 9.17) is 0 Å². The summed E-state index contributed by atoms with van der Waals surface area (Å²) in [4.78, 5) is 16.2. The fourth-order valence-corrected chi connectivity index (χ4v) is 2.94. The first-order valence-corrected chi connectivity index (χ1v) is 8.53. The number of alkyl halides is 4. The Kier molecular flexibility index (Phi) is 6.62. The lowest BCUT2D eigenvalue weighted by atomic mass is 9.82. The summed E-state index contributed by atoms with van der Waals surface area (Å²) >= 11 is 0. The molecule has 1 aromatic rings. The van der Waals surface area contributed by atoms with E-state index in [1.54, 1.807) is 0 Å². The summed E-state index contributed by atoms with van der Waals surface area (Å²) in [6, 6.07) is 4.86. The van der Waals surface area contributed by atoms with Gasteiger partial charge < -0.3 is 9.84 Å². The molecule has 0 fully saturated rings. The number of aliphatic hydroxyl groups excluding tert-OH is 1. The lowest BCUT2D eigenvalue weighted by Gasteiger charge is -2.23. The molecule has 1 N–H and O–H groups in total. The Hall–Kier alpha value is -2.38. The number of halogens is 4. The summed E-state index contributed by atoms with van der Waals surface area (Å²) in [5.74, 6) is -0.315. The van der Waals surface area contributed by atoms with Gasteiger partial charge in [-0.15, -0.1) is 0 Å². The van der Waals surface area contributed by atoms with Crippen LogP contribution in [-0.4, -0.2) is 29.6 Å². The van der Waals surface area contributed by atoms with Crippen LogP contribution in [0.1, 0.15) is 33.1 Å². The molecule has 0 aliphatic heterocycles. The van der Waals surface area contributed by atoms with E-state index in [0.29, 0.717) is 18.8 Å². The van der Waals surface area contributed by atoms with E-state index in [1.165, 1.54) is 12.1 Å². The van der Waals surface area contributed by atoms with Crippen molar-refractivity contribution >= 4 is 17.7 Å². The Balaban J connectivity index is 2.14. The fraction of sp³-hybridized carbons (Fsp3) is 0.474. The zero-order valence-electron chi connectivity index (χ0n) is 15.0. The molecule has 8 heteroatoms. The monoisotopic (exact) mass is 387 g/mol. The average molecular weight is 387 g/mol. The first kappa shape index (κ1) is 20.9. The summed E-state index contributed by atoms with van der Waals surface area (Å²) in [5.41, 5.74) is 0.189. The van der Waals surface area contributed by atoms with Crippen molar-refractivity contribution in [1.82, 2.24) is 0 Å². The molecule has 0 heterocycles. The van der Waals surface area contributed by atoms with Crippen molar-refractivity contribution in [2.45, 2.75) is 45.6 Å². The Morgan fingerprint density at radius 2 is 2.04 bits per heavy atom. The smallest absolute Gasteiger partial charge is 0.461 e. The largest absolute Gasteiger partial charge is 0.511 e. The first-order valence-electron chi connectivity index (χ1n) is 8.53. The van der Waals surface area contributed by atoms with Crippen LogP contribution in [0.25, 0.3) is 0 Å². The maximum Gasteiger partial charge on any atom is 0.461 e. The van der Waals surface area contributed by atoms with Crippen LogP contribution in [0, 0.1) is 11.8 Å². The highest BCUT2D eigenvalue weighted by atomic mass is 19.3. The Morgan fingerprint density at radius 1 is 1.33 bits per heavy atom. The number of carbonyl (C=O) groups excluding carboxylic acids is 1. The number of carbonyl (C=O) groups is 1. The van der Waals surface area contributed by atoms with E-state index >= 15 is 0 Å². The van der Waals surface area contributed by atoms with Crippen molar-refractivity contribution in [3.05, 3.63) is 35.6 Å². The zero-order chi connectivity index (χ0) is 20.2. The lowest BCUT2D eigenvalue weighted by molar-refractivity contribution is -0.253. The molecular weight excluding hydrogens is 366 g/mol. The number of hydrogen-bond acceptors (Lipinski definition) is 4. The number of rotatable bonds is 7. The maximum absolute atomic E-state index is 13.0. The van der Waals surface area contributed by atoms with Crippen molar-refractivity contribution in [3.63, 3.8) is 0 Å². The number of hydrogen-bond donors (Lipinski definition) is 1. The van der Waals surface area contributed by atoms with E-state index in [2.05, 4.69) is 9.73 Å². The van der Waals surface area contributed by atoms with Gasteiger partial charge in [-0.3, -0.25) is 9.79 Å². The van der Waals surface area contributed by atoms with E-state index in [1.807, 2.05) is 13.8 Å². The number of benzene rings is 1. The third-order valence-corrected chi connectivity index (χ3v) is 4.04. The summed E-state index contributed by atoms with van der Waals surface area (Å²) in [5, 5.41) is 10.1. The average Bonchev–Trinajstić information content (AvgIpc) is 2.53. The predicted molar refractivity (Wildman–Crippen MR) is 93.0 cm³/mol. The molecule has 0 saturated heterocycles. The molecule has 1 unspecified atom stereocenters. The molecule has 4 nitrogen and oxygen atoms in total. The summed E-state index contributed by atoms with van der Waals surface area (Å²) < 4.78 is 54.4. The predicted octanol–water partition coefficient (Wildman–Crippen LogP) is 5.46. The van der Waals surface area contributed by atoms with Gasteiger partial charge in [0.05, 0.1) is 11.3 Å². The lowest BCUT2D eigenvalue weighted by Crippen LogP contribution is -2.33. The van der Waals surface area contributed by atoms with Crippen LogP contribution in [0.15, 0.2) is 40.6 Å². The van der Waals surface area contributed by atoms with Crippen LogP contribution in [0.5, 0.6) is 5.75 Å². The number of Topliss-reactive ketones (excluding diaryl/α,β-unsaturated/α-hetero) is 1. The molecule has 0 amide bonds. The highest BCUT2D eigenvalue weighted by molar-refractivity contribution is 6.14. The van der Waals surface area contributed by atoms with E-state index in [-0.39, 0.29) is 28.7 Å². The maximum atomic E-state index is 13.0. The number of nitrogens with zero attached hydrogens (tertiary/aromatic N) is 1. The van der Waals surface area contributed by atoms with Gasteiger partial charge in [-0.1, -0.05) is 19.9 Å². The molecule has 0 spiro atoms. The minimum absolute atomic E-state index is 0.0581. The molecule has 148 valence electrons. The van der Waals surface area contributed by atoms with Crippen molar-refractivity contribution in [2.75, 3.05) is 0 Å². The molecule has 0 saturated carbocycles. The molecule has 1 aromatic carbocycles. The van der Waals surface area contributed by atoms with Crippen molar-refractivity contribution < 1.29 is 32.2 Å². The van der Waals surface area contributed by atoms with Crippen LogP contribution in [0.4, 0.5) is 23.2 Å². The van der Waals surface area contributed by atoms with Gasteiger partial charge in [0.25, 0.3) is 0 Å². The van der Waals surface area contributed by atoms with Crippen molar-refractivity contribution in [2.24, 2.45) is 16.8 Å². The molecule has 2 rings (SSSR count). The van der Waals surface area contributed by atoms with Gasteiger partial charge in [-0.05, 0) is 30.4 Å². The number of ether oxygens (including phenoxy) is 1. The number of aliphatic hydroxyl groups is 1.